The van der Waals surface area contributed by atoms with Crippen molar-refractivity contribution in [2.24, 2.45) is 0 Å². The van der Waals surface area contributed by atoms with Crippen LogP contribution in [0.4, 0.5) is 0 Å². The third kappa shape index (κ3) is 2.51. The fourth-order valence-corrected chi connectivity index (χ4v) is 3.72. The summed E-state index contributed by atoms with van der Waals surface area (Å²) in [4.78, 5) is 10.7. The average Bonchev–Trinajstić information content (AvgIpc) is 2.95. The van der Waals surface area contributed by atoms with Crippen LogP contribution in [0.5, 0.6) is 0 Å². The van der Waals surface area contributed by atoms with Crippen molar-refractivity contribution in [2.75, 3.05) is 20.2 Å². The Morgan fingerprint density at radius 2 is 2.26 bits per heavy atom. The van der Waals surface area contributed by atoms with Crippen molar-refractivity contribution in [2.45, 2.75) is 24.3 Å². The normalized spacial score (nSPS) is 20.8. The Morgan fingerprint density at radius 3 is 2.74 bits per heavy atom. The van der Waals surface area contributed by atoms with Crippen LogP contribution in [0, 0.1) is 6.92 Å². The molecule has 1 aromatic heterocycles. The molecule has 0 spiro atoms. The van der Waals surface area contributed by atoms with E-state index >= 15 is 0 Å². The van der Waals surface area contributed by atoms with E-state index in [1.165, 1.54) is 18.3 Å². The van der Waals surface area contributed by atoms with E-state index in [1.54, 1.807) is 0 Å². The minimum Gasteiger partial charge on any atom is -0.475 e. The Labute approximate surface area is 110 Å². The topological polar surface area (TPSA) is 97.0 Å². The number of carbonyl (C=O) groups is 1. The molecule has 1 fully saturated rings. The maximum Gasteiger partial charge on any atom is 0.371 e. The van der Waals surface area contributed by atoms with Crippen LogP contribution in [-0.2, 0) is 14.8 Å². The molecule has 1 aromatic rings. The fraction of sp³-hybridized carbons (Fsp3) is 0.545. The third-order valence-corrected chi connectivity index (χ3v) is 5.11. The quantitative estimate of drug-likeness (QED) is 0.876. The molecule has 7 nitrogen and oxygen atoms in total. The lowest BCUT2D eigenvalue weighted by Gasteiger charge is -2.15. The number of methoxy groups -OCH3 is 1. The van der Waals surface area contributed by atoms with Gasteiger partial charge in [-0.3, -0.25) is 0 Å². The lowest BCUT2D eigenvalue weighted by molar-refractivity contribution is 0.0661. The first-order valence-electron chi connectivity index (χ1n) is 5.73. The number of furan rings is 1. The summed E-state index contributed by atoms with van der Waals surface area (Å²) < 4.78 is 36.1. The standard InChI is InChI=1S/C11H15NO6S/c1-7-10(5-9(18-7)11(13)14)19(15,16)12-4-3-8(6-12)17-2/h5,8H,3-4,6H2,1-2H3,(H,13,14). The highest BCUT2D eigenvalue weighted by Crippen LogP contribution is 2.27. The first kappa shape index (κ1) is 14.0. The Kier molecular flexibility index (Phi) is 3.66. The third-order valence-electron chi connectivity index (χ3n) is 3.14. The van der Waals surface area contributed by atoms with Gasteiger partial charge in [0.15, 0.2) is 0 Å². The van der Waals surface area contributed by atoms with Crippen molar-refractivity contribution in [1.29, 1.82) is 0 Å². The number of aryl methyl sites for hydroxylation is 1. The van der Waals surface area contributed by atoms with E-state index in [9.17, 15) is 13.2 Å². The highest BCUT2D eigenvalue weighted by Gasteiger charge is 2.35. The highest BCUT2D eigenvalue weighted by atomic mass is 32.2. The van der Waals surface area contributed by atoms with Crippen LogP contribution in [0.1, 0.15) is 22.7 Å². The van der Waals surface area contributed by atoms with Crippen molar-refractivity contribution >= 4 is 16.0 Å². The lowest BCUT2D eigenvalue weighted by atomic mass is 10.3. The summed E-state index contributed by atoms with van der Waals surface area (Å²) in [6.45, 7) is 2.06. The fourth-order valence-electron chi connectivity index (χ4n) is 2.07. The van der Waals surface area contributed by atoms with E-state index in [0.29, 0.717) is 13.0 Å². The molecule has 1 N–H and O–H groups in total. The van der Waals surface area contributed by atoms with Crippen LogP contribution in [0.3, 0.4) is 0 Å². The van der Waals surface area contributed by atoms with Gasteiger partial charge in [-0.15, -0.1) is 0 Å². The number of carboxylic acids is 1. The molecule has 0 aromatic carbocycles. The SMILES string of the molecule is COC1CCN(S(=O)(=O)c2cc(C(=O)O)oc2C)C1. The molecule has 1 atom stereocenters. The van der Waals surface area contributed by atoms with Crippen molar-refractivity contribution in [3.63, 3.8) is 0 Å². The van der Waals surface area contributed by atoms with Gasteiger partial charge < -0.3 is 14.3 Å². The van der Waals surface area contributed by atoms with E-state index in [4.69, 9.17) is 14.3 Å². The zero-order valence-corrected chi connectivity index (χ0v) is 11.4. The highest BCUT2D eigenvalue weighted by molar-refractivity contribution is 7.89. The van der Waals surface area contributed by atoms with Crippen molar-refractivity contribution in [3.8, 4) is 0 Å². The number of sulfonamides is 1. The van der Waals surface area contributed by atoms with Crippen LogP contribution in [-0.4, -0.2) is 50.1 Å². The molecule has 106 valence electrons. The summed E-state index contributed by atoms with van der Waals surface area (Å²) >= 11 is 0. The van der Waals surface area contributed by atoms with E-state index in [-0.39, 0.29) is 29.1 Å². The van der Waals surface area contributed by atoms with Crippen LogP contribution in [0.2, 0.25) is 0 Å². The van der Waals surface area contributed by atoms with E-state index in [0.717, 1.165) is 6.07 Å². The summed E-state index contributed by atoms with van der Waals surface area (Å²) in [5.41, 5.74) is 0. The van der Waals surface area contributed by atoms with Gasteiger partial charge in [0, 0.05) is 26.3 Å². The summed E-state index contributed by atoms with van der Waals surface area (Å²) in [5.74, 6) is -1.59. The van der Waals surface area contributed by atoms with Gasteiger partial charge in [0.2, 0.25) is 15.8 Å². The van der Waals surface area contributed by atoms with Gasteiger partial charge in [-0.2, -0.15) is 4.31 Å². The van der Waals surface area contributed by atoms with E-state index in [1.807, 2.05) is 0 Å². The van der Waals surface area contributed by atoms with Gasteiger partial charge in [-0.1, -0.05) is 0 Å². The number of hydrogen-bond donors (Lipinski definition) is 1. The number of rotatable bonds is 4. The largest absolute Gasteiger partial charge is 0.475 e. The van der Waals surface area contributed by atoms with Gasteiger partial charge >= 0.3 is 5.97 Å². The molecule has 0 radical (unpaired) electrons. The first-order valence-corrected chi connectivity index (χ1v) is 7.17. The predicted molar refractivity (Wildman–Crippen MR) is 64.6 cm³/mol. The molecule has 0 amide bonds. The zero-order chi connectivity index (χ0) is 14.2. The van der Waals surface area contributed by atoms with Gasteiger partial charge in [-0.05, 0) is 13.3 Å². The molecule has 0 aliphatic carbocycles. The molecule has 0 saturated carbocycles. The minimum atomic E-state index is -3.73. The monoisotopic (exact) mass is 289 g/mol. The number of nitrogens with zero attached hydrogens (tertiary/aromatic N) is 1. The second-order valence-electron chi connectivity index (χ2n) is 4.35. The zero-order valence-electron chi connectivity index (χ0n) is 10.6. The lowest BCUT2D eigenvalue weighted by Crippen LogP contribution is -2.30. The predicted octanol–water partition coefficient (Wildman–Crippen LogP) is 0.696. The Morgan fingerprint density at radius 1 is 1.58 bits per heavy atom. The average molecular weight is 289 g/mol. The van der Waals surface area contributed by atoms with Crippen LogP contribution < -0.4 is 0 Å². The van der Waals surface area contributed by atoms with E-state index in [2.05, 4.69) is 0 Å². The maximum absolute atomic E-state index is 12.4. The smallest absolute Gasteiger partial charge is 0.371 e. The van der Waals surface area contributed by atoms with Gasteiger partial charge in [-0.25, -0.2) is 13.2 Å². The summed E-state index contributed by atoms with van der Waals surface area (Å²) in [5, 5.41) is 8.81. The van der Waals surface area contributed by atoms with Gasteiger partial charge in [0.25, 0.3) is 0 Å². The van der Waals surface area contributed by atoms with Crippen molar-refractivity contribution in [3.05, 3.63) is 17.6 Å². The molecule has 0 bridgehead atoms. The van der Waals surface area contributed by atoms with Crippen molar-refractivity contribution < 1.29 is 27.5 Å². The summed E-state index contributed by atoms with van der Waals surface area (Å²) in [7, 11) is -2.19. The molecule has 1 saturated heterocycles. The Hall–Kier alpha value is -1.38. The Bertz CT molecular complexity index is 590. The molecule has 8 heteroatoms. The molecule has 1 aliphatic heterocycles. The number of aromatic carboxylic acids is 1. The minimum absolute atomic E-state index is 0.0817. The molecule has 1 aliphatic rings. The van der Waals surface area contributed by atoms with Gasteiger partial charge in [0.05, 0.1) is 6.10 Å². The van der Waals surface area contributed by atoms with Crippen LogP contribution >= 0.6 is 0 Å². The second-order valence-corrected chi connectivity index (χ2v) is 6.25. The number of ether oxygens (including phenoxy) is 1. The number of carboxylic acid groups (broad SMARTS) is 1. The maximum atomic E-state index is 12.4. The molecule has 2 rings (SSSR count). The second kappa shape index (κ2) is 4.95. The molecular weight excluding hydrogens is 274 g/mol. The van der Waals surface area contributed by atoms with Crippen LogP contribution in [0.25, 0.3) is 0 Å². The molecular formula is C11H15NO6S. The summed E-state index contributed by atoms with van der Waals surface area (Å²) in [6, 6.07) is 1.05. The summed E-state index contributed by atoms with van der Waals surface area (Å²) in [6.07, 6.45) is 0.499. The molecule has 1 unspecified atom stereocenters. The molecule has 2 heterocycles. The Balaban J connectivity index is 2.32. The van der Waals surface area contributed by atoms with Crippen molar-refractivity contribution in [1.82, 2.24) is 4.31 Å². The van der Waals surface area contributed by atoms with E-state index < -0.39 is 16.0 Å². The first-order chi connectivity index (χ1) is 8.86. The number of hydrogen-bond acceptors (Lipinski definition) is 5. The van der Waals surface area contributed by atoms with Crippen LogP contribution in [0.15, 0.2) is 15.4 Å². The molecule has 19 heavy (non-hydrogen) atoms. The van der Waals surface area contributed by atoms with Gasteiger partial charge in [0.1, 0.15) is 10.7 Å².